The molecule has 2 fully saturated rings. The number of anilines is 1. The standard InChI is InChI=1S/C12H20N4OS/c1-2-13-12-15-14-11(18-12)7-16-8-3-4-9(16)6-10(17)5-8/h8-10,17H,2-7H2,1H3,(H,13,15). The van der Waals surface area contributed by atoms with Gasteiger partial charge in [0.15, 0.2) is 0 Å². The highest BCUT2D eigenvalue weighted by Crippen LogP contribution is 2.37. The molecule has 0 amide bonds. The average molecular weight is 268 g/mol. The maximum atomic E-state index is 9.79. The molecular formula is C12H20N4OS. The summed E-state index contributed by atoms with van der Waals surface area (Å²) in [6, 6.07) is 1.09. The van der Waals surface area contributed by atoms with Crippen LogP contribution in [0.5, 0.6) is 0 Å². The van der Waals surface area contributed by atoms with E-state index in [0.717, 1.165) is 36.1 Å². The van der Waals surface area contributed by atoms with Crippen molar-refractivity contribution in [1.29, 1.82) is 0 Å². The molecule has 1 aromatic heterocycles. The molecule has 100 valence electrons. The fraction of sp³-hybridized carbons (Fsp3) is 0.833. The molecule has 6 heteroatoms. The summed E-state index contributed by atoms with van der Waals surface area (Å²) in [7, 11) is 0. The molecule has 3 heterocycles. The first-order valence-corrected chi connectivity index (χ1v) is 7.58. The van der Waals surface area contributed by atoms with Gasteiger partial charge in [0.2, 0.25) is 5.13 Å². The molecule has 0 saturated carbocycles. The van der Waals surface area contributed by atoms with Gasteiger partial charge in [-0.15, -0.1) is 10.2 Å². The summed E-state index contributed by atoms with van der Waals surface area (Å²) < 4.78 is 0. The minimum atomic E-state index is -0.0921. The molecule has 18 heavy (non-hydrogen) atoms. The van der Waals surface area contributed by atoms with Crippen LogP contribution < -0.4 is 5.32 Å². The van der Waals surface area contributed by atoms with Crippen molar-refractivity contribution in [2.24, 2.45) is 0 Å². The summed E-state index contributed by atoms with van der Waals surface area (Å²) in [6.07, 6.45) is 4.21. The first-order valence-electron chi connectivity index (χ1n) is 6.76. The number of nitrogens with zero attached hydrogens (tertiary/aromatic N) is 3. The average Bonchev–Trinajstić information content (AvgIpc) is 2.85. The van der Waals surface area contributed by atoms with E-state index in [1.807, 2.05) is 0 Å². The van der Waals surface area contributed by atoms with E-state index in [9.17, 15) is 5.11 Å². The maximum absolute atomic E-state index is 9.79. The van der Waals surface area contributed by atoms with Gasteiger partial charge >= 0.3 is 0 Å². The van der Waals surface area contributed by atoms with Crippen molar-refractivity contribution in [2.45, 2.75) is 57.3 Å². The summed E-state index contributed by atoms with van der Waals surface area (Å²) in [6.45, 7) is 3.84. The number of piperidine rings is 1. The van der Waals surface area contributed by atoms with Gasteiger partial charge in [0.1, 0.15) is 5.01 Å². The zero-order valence-electron chi connectivity index (χ0n) is 10.7. The molecule has 1 aromatic rings. The van der Waals surface area contributed by atoms with Crippen molar-refractivity contribution in [3.05, 3.63) is 5.01 Å². The first kappa shape index (κ1) is 12.3. The molecule has 0 aliphatic carbocycles. The van der Waals surface area contributed by atoms with Crippen molar-refractivity contribution in [1.82, 2.24) is 15.1 Å². The van der Waals surface area contributed by atoms with Gasteiger partial charge in [-0.2, -0.15) is 0 Å². The highest BCUT2D eigenvalue weighted by atomic mass is 32.1. The Kier molecular flexibility index (Phi) is 3.50. The third-order valence-corrected chi connectivity index (χ3v) is 4.84. The zero-order valence-corrected chi connectivity index (χ0v) is 11.5. The summed E-state index contributed by atoms with van der Waals surface area (Å²) in [4.78, 5) is 2.52. The lowest BCUT2D eigenvalue weighted by Crippen LogP contribution is -2.44. The van der Waals surface area contributed by atoms with E-state index in [0.29, 0.717) is 12.1 Å². The van der Waals surface area contributed by atoms with Crippen molar-refractivity contribution in [3.8, 4) is 0 Å². The number of hydrogen-bond acceptors (Lipinski definition) is 6. The van der Waals surface area contributed by atoms with Crippen molar-refractivity contribution in [2.75, 3.05) is 11.9 Å². The third-order valence-electron chi connectivity index (χ3n) is 3.97. The van der Waals surface area contributed by atoms with Gasteiger partial charge in [-0.25, -0.2) is 0 Å². The molecule has 0 radical (unpaired) electrons. The van der Waals surface area contributed by atoms with Crippen LogP contribution in [0, 0.1) is 0 Å². The molecule has 0 aromatic carbocycles. The monoisotopic (exact) mass is 268 g/mol. The zero-order chi connectivity index (χ0) is 12.5. The topological polar surface area (TPSA) is 61.3 Å². The normalized spacial score (nSPS) is 31.8. The fourth-order valence-electron chi connectivity index (χ4n) is 3.20. The first-order chi connectivity index (χ1) is 8.76. The van der Waals surface area contributed by atoms with Crippen LogP contribution in [0.3, 0.4) is 0 Å². The van der Waals surface area contributed by atoms with E-state index < -0.39 is 0 Å². The number of aliphatic hydroxyl groups is 1. The van der Waals surface area contributed by atoms with Crippen LogP contribution in [0.25, 0.3) is 0 Å². The lowest BCUT2D eigenvalue weighted by Gasteiger charge is -2.36. The van der Waals surface area contributed by atoms with Gasteiger partial charge in [-0.1, -0.05) is 11.3 Å². The van der Waals surface area contributed by atoms with Gasteiger partial charge in [0.25, 0.3) is 0 Å². The number of nitrogens with one attached hydrogen (secondary N) is 1. The second-order valence-electron chi connectivity index (χ2n) is 5.21. The highest BCUT2D eigenvalue weighted by Gasteiger charge is 2.40. The Hall–Kier alpha value is -0.720. The number of fused-ring (bicyclic) bond motifs is 2. The molecule has 2 bridgehead atoms. The van der Waals surface area contributed by atoms with Gasteiger partial charge in [0.05, 0.1) is 12.6 Å². The van der Waals surface area contributed by atoms with Crippen LogP contribution in [0.1, 0.15) is 37.6 Å². The fourth-order valence-corrected chi connectivity index (χ4v) is 4.02. The van der Waals surface area contributed by atoms with Gasteiger partial charge in [-0.05, 0) is 32.6 Å². The SMILES string of the molecule is CCNc1nnc(CN2C3CCC2CC(O)C3)s1. The molecule has 0 spiro atoms. The summed E-state index contributed by atoms with van der Waals surface area (Å²) in [5.74, 6) is 0. The van der Waals surface area contributed by atoms with E-state index in [4.69, 9.17) is 0 Å². The van der Waals surface area contributed by atoms with Crippen molar-refractivity contribution >= 4 is 16.5 Å². The highest BCUT2D eigenvalue weighted by molar-refractivity contribution is 7.15. The van der Waals surface area contributed by atoms with Crippen molar-refractivity contribution < 1.29 is 5.11 Å². The Morgan fingerprint density at radius 2 is 2.06 bits per heavy atom. The van der Waals surface area contributed by atoms with E-state index in [1.165, 1.54) is 12.8 Å². The summed E-state index contributed by atoms with van der Waals surface area (Å²) >= 11 is 1.65. The molecule has 2 aliphatic heterocycles. The molecule has 5 nitrogen and oxygen atoms in total. The lowest BCUT2D eigenvalue weighted by molar-refractivity contribution is 0.0309. The Morgan fingerprint density at radius 3 is 2.72 bits per heavy atom. The Balaban J connectivity index is 1.65. The molecular weight excluding hydrogens is 248 g/mol. The Bertz CT molecular complexity index is 397. The van der Waals surface area contributed by atoms with Crippen LogP contribution in [0.15, 0.2) is 0 Å². The Labute approximate surface area is 111 Å². The number of hydrogen-bond donors (Lipinski definition) is 2. The molecule has 2 atom stereocenters. The molecule has 2 unspecified atom stereocenters. The maximum Gasteiger partial charge on any atom is 0.205 e. The molecule has 2 aliphatic rings. The van der Waals surface area contributed by atoms with Crippen LogP contribution in [0.4, 0.5) is 5.13 Å². The minimum absolute atomic E-state index is 0.0921. The van der Waals surface area contributed by atoms with Crippen LogP contribution >= 0.6 is 11.3 Å². The summed E-state index contributed by atoms with van der Waals surface area (Å²) in [5, 5.41) is 23.4. The minimum Gasteiger partial charge on any atom is -0.393 e. The number of aromatic nitrogens is 2. The number of rotatable bonds is 4. The molecule has 2 N–H and O–H groups in total. The second-order valence-corrected chi connectivity index (χ2v) is 6.28. The van der Waals surface area contributed by atoms with E-state index in [-0.39, 0.29) is 6.10 Å². The van der Waals surface area contributed by atoms with Crippen molar-refractivity contribution in [3.63, 3.8) is 0 Å². The van der Waals surface area contributed by atoms with Gasteiger partial charge in [0, 0.05) is 18.6 Å². The van der Waals surface area contributed by atoms with E-state index in [2.05, 4.69) is 27.3 Å². The summed E-state index contributed by atoms with van der Waals surface area (Å²) in [5.41, 5.74) is 0. The van der Waals surface area contributed by atoms with Gasteiger partial charge in [-0.3, -0.25) is 4.90 Å². The number of aliphatic hydroxyl groups excluding tert-OH is 1. The predicted molar refractivity (Wildman–Crippen MR) is 71.7 cm³/mol. The van der Waals surface area contributed by atoms with Crippen LogP contribution in [-0.4, -0.2) is 44.9 Å². The van der Waals surface area contributed by atoms with E-state index in [1.54, 1.807) is 11.3 Å². The van der Waals surface area contributed by atoms with Gasteiger partial charge < -0.3 is 10.4 Å². The van der Waals surface area contributed by atoms with Crippen LogP contribution in [-0.2, 0) is 6.54 Å². The molecule has 3 rings (SSSR count). The Morgan fingerprint density at radius 1 is 1.33 bits per heavy atom. The van der Waals surface area contributed by atoms with E-state index >= 15 is 0 Å². The second kappa shape index (κ2) is 5.11. The predicted octanol–water partition coefficient (Wildman–Crippen LogP) is 1.46. The smallest absolute Gasteiger partial charge is 0.205 e. The lowest BCUT2D eigenvalue weighted by atomic mass is 10.0. The largest absolute Gasteiger partial charge is 0.393 e. The quantitative estimate of drug-likeness (QED) is 0.865. The third kappa shape index (κ3) is 2.37. The van der Waals surface area contributed by atoms with Crippen LogP contribution in [0.2, 0.25) is 0 Å². The molecule has 2 saturated heterocycles.